The molecule has 1 aromatic carbocycles. The Hall–Kier alpha value is -1.03. The summed E-state index contributed by atoms with van der Waals surface area (Å²) in [5.41, 5.74) is 8.21. The van der Waals surface area contributed by atoms with Crippen molar-refractivity contribution in [3.05, 3.63) is 22.2 Å². The summed E-state index contributed by atoms with van der Waals surface area (Å²) in [7, 11) is 0. The molecule has 4 heteroatoms. The molecule has 3 nitrogen and oxygen atoms in total. The van der Waals surface area contributed by atoms with Crippen molar-refractivity contribution in [1.82, 2.24) is 0 Å². The lowest BCUT2D eigenvalue weighted by molar-refractivity contribution is -0.116. The molecule has 0 saturated heterocycles. The van der Waals surface area contributed by atoms with Crippen LogP contribution in [0.25, 0.3) is 0 Å². The summed E-state index contributed by atoms with van der Waals surface area (Å²) < 4.78 is 0.929. The Labute approximate surface area is 117 Å². The second-order valence-electron chi connectivity index (χ2n) is 4.55. The molecule has 0 aromatic heterocycles. The van der Waals surface area contributed by atoms with Gasteiger partial charge in [-0.3, -0.25) is 4.79 Å². The molecule has 0 spiro atoms. The van der Waals surface area contributed by atoms with Crippen LogP contribution in [-0.2, 0) is 4.79 Å². The highest BCUT2D eigenvalue weighted by Gasteiger charge is 2.08. The molecule has 1 rings (SSSR count). The molecular formula is C14H21BrN2O. The number of carbonyl (C=O) groups excluding carboxylic acids is 1. The number of amides is 1. The minimum Gasteiger partial charge on any atom is -0.397 e. The number of anilines is 2. The van der Waals surface area contributed by atoms with Gasteiger partial charge >= 0.3 is 0 Å². The van der Waals surface area contributed by atoms with Crippen LogP contribution in [0.2, 0.25) is 0 Å². The van der Waals surface area contributed by atoms with Gasteiger partial charge in [-0.05, 0) is 31.0 Å². The molecule has 0 unspecified atom stereocenters. The van der Waals surface area contributed by atoms with Gasteiger partial charge < -0.3 is 11.1 Å². The standard InChI is InChI=1S/C14H21BrN2O/c1-3-4-5-6-7-13(18)17-14-10(2)8-11(15)9-12(14)16/h8-9H,3-7,16H2,1-2H3,(H,17,18). The number of benzene rings is 1. The SMILES string of the molecule is CCCCCCC(=O)Nc1c(C)cc(Br)cc1N. The van der Waals surface area contributed by atoms with Crippen molar-refractivity contribution in [2.24, 2.45) is 0 Å². The van der Waals surface area contributed by atoms with Crippen LogP contribution < -0.4 is 11.1 Å². The summed E-state index contributed by atoms with van der Waals surface area (Å²) in [6, 6.07) is 3.75. The number of carbonyl (C=O) groups is 1. The molecule has 0 atom stereocenters. The number of hydrogen-bond acceptors (Lipinski definition) is 2. The number of nitrogens with two attached hydrogens (primary N) is 1. The van der Waals surface area contributed by atoms with Crippen LogP contribution in [0.3, 0.4) is 0 Å². The summed E-state index contributed by atoms with van der Waals surface area (Å²) in [6.45, 7) is 4.10. The van der Waals surface area contributed by atoms with E-state index in [1.165, 1.54) is 12.8 Å². The van der Waals surface area contributed by atoms with Gasteiger partial charge in [-0.1, -0.05) is 42.1 Å². The number of halogens is 1. The van der Waals surface area contributed by atoms with Crippen molar-refractivity contribution < 1.29 is 4.79 Å². The summed E-state index contributed by atoms with van der Waals surface area (Å²) in [5.74, 6) is 0.0447. The highest BCUT2D eigenvalue weighted by molar-refractivity contribution is 9.10. The third-order valence-electron chi connectivity index (χ3n) is 2.85. The van der Waals surface area contributed by atoms with Crippen molar-refractivity contribution in [3.8, 4) is 0 Å². The molecule has 0 bridgehead atoms. The van der Waals surface area contributed by atoms with E-state index in [-0.39, 0.29) is 5.91 Å². The second kappa shape index (κ2) is 7.41. The number of nitrogen functional groups attached to an aromatic ring is 1. The van der Waals surface area contributed by atoms with Crippen LogP contribution in [-0.4, -0.2) is 5.91 Å². The third kappa shape index (κ3) is 4.69. The first-order chi connectivity index (χ1) is 8.54. The molecule has 0 heterocycles. The lowest BCUT2D eigenvalue weighted by Gasteiger charge is -2.12. The molecule has 3 N–H and O–H groups in total. The first-order valence-corrected chi connectivity index (χ1v) is 7.19. The van der Waals surface area contributed by atoms with E-state index < -0.39 is 0 Å². The van der Waals surface area contributed by atoms with E-state index in [1.807, 2.05) is 13.0 Å². The lowest BCUT2D eigenvalue weighted by Crippen LogP contribution is -2.13. The van der Waals surface area contributed by atoms with Crippen molar-refractivity contribution in [2.75, 3.05) is 11.1 Å². The first-order valence-electron chi connectivity index (χ1n) is 6.40. The van der Waals surface area contributed by atoms with Gasteiger partial charge in [-0.15, -0.1) is 0 Å². The Morgan fingerprint density at radius 2 is 2.06 bits per heavy atom. The van der Waals surface area contributed by atoms with Crippen molar-refractivity contribution in [1.29, 1.82) is 0 Å². The van der Waals surface area contributed by atoms with E-state index in [0.717, 1.165) is 28.6 Å². The zero-order valence-electron chi connectivity index (χ0n) is 11.1. The molecule has 1 aromatic rings. The number of nitrogens with one attached hydrogen (secondary N) is 1. The van der Waals surface area contributed by atoms with Gasteiger partial charge in [0.25, 0.3) is 0 Å². The normalized spacial score (nSPS) is 10.4. The number of hydrogen-bond donors (Lipinski definition) is 2. The first kappa shape index (κ1) is 15.0. The van der Waals surface area contributed by atoms with E-state index in [2.05, 4.69) is 28.2 Å². The number of unbranched alkanes of at least 4 members (excludes halogenated alkanes) is 3. The average Bonchev–Trinajstić information content (AvgIpc) is 2.29. The van der Waals surface area contributed by atoms with Crippen LogP contribution in [0.4, 0.5) is 11.4 Å². The highest BCUT2D eigenvalue weighted by atomic mass is 79.9. The van der Waals surface area contributed by atoms with E-state index in [0.29, 0.717) is 12.1 Å². The minimum absolute atomic E-state index is 0.0447. The van der Waals surface area contributed by atoms with Gasteiger partial charge in [-0.2, -0.15) is 0 Å². The summed E-state index contributed by atoms with van der Waals surface area (Å²) >= 11 is 3.38. The van der Waals surface area contributed by atoms with Gasteiger partial charge in [0, 0.05) is 10.9 Å². The van der Waals surface area contributed by atoms with Crippen LogP contribution in [0, 0.1) is 6.92 Å². The summed E-state index contributed by atoms with van der Waals surface area (Å²) in [4.78, 5) is 11.8. The lowest BCUT2D eigenvalue weighted by atomic mass is 10.1. The maximum absolute atomic E-state index is 11.8. The third-order valence-corrected chi connectivity index (χ3v) is 3.31. The van der Waals surface area contributed by atoms with Gasteiger partial charge in [0.1, 0.15) is 0 Å². The Morgan fingerprint density at radius 1 is 1.33 bits per heavy atom. The van der Waals surface area contributed by atoms with E-state index in [9.17, 15) is 4.79 Å². The molecule has 0 aliphatic rings. The highest BCUT2D eigenvalue weighted by Crippen LogP contribution is 2.27. The quantitative estimate of drug-likeness (QED) is 0.609. The Balaban J connectivity index is 2.54. The molecule has 0 fully saturated rings. The Morgan fingerprint density at radius 3 is 2.67 bits per heavy atom. The van der Waals surface area contributed by atoms with Crippen LogP contribution in [0.1, 0.15) is 44.6 Å². The number of aryl methyl sites for hydroxylation is 1. The fraction of sp³-hybridized carbons (Fsp3) is 0.500. The molecule has 1 amide bonds. The molecule has 0 radical (unpaired) electrons. The van der Waals surface area contributed by atoms with Gasteiger partial charge in [0.15, 0.2) is 0 Å². The Bertz CT molecular complexity index is 395. The zero-order valence-corrected chi connectivity index (χ0v) is 12.6. The number of rotatable bonds is 6. The fourth-order valence-corrected chi connectivity index (χ4v) is 2.44. The molecule has 0 aliphatic carbocycles. The van der Waals surface area contributed by atoms with E-state index in [1.54, 1.807) is 6.07 Å². The predicted octanol–water partition coefficient (Wildman–Crippen LogP) is 4.25. The zero-order chi connectivity index (χ0) is 13.5. The van der Waals surface area contributed by atoms with Crippen LogP contribution >= 0.6 is 15.9 Å². The van der Waals surface area contributed by atoms with Gasteiger partial charge in [0.05, 0.1) is 11.4 Å². The molecule has 100 valence electrons. The molecule has 0 saturated carbocycles. The maximum Gasteiger partial charge on any atom is 0.224 e. The largest absolute Gasteiger partial charge is 0.397 e. The minimum atomic E-state index is 0.0447. The molecule has 18 heavy (non-hydrogen) atoms. The molecular weight excluding hydrogens is 292 g/mol. The Kier molecular flexibility index (Phi) is 6.19. The van der Waals surface area contributed by atoms with Crippen LogP contribution in [0.5, 0.6) is 0 Å². The fourth-order valence-electron chi connectivity index (χ4n) is 1.85. The van der Waals surface area contributed by atoms with Crippen molar-refractivity contribution in [3.63, 3.8) is 0 Å². The van der Waals surface area contributed by atoms with Crippen molar-refractivity contribution >= 4 is 33.2 Å². The predicted molar refractivity (Wildman–Crippen MR) is 80.7 cm³/mol. The van der Waals surface area contributed by atoms with Crippen molar-refractivity contribution in [2.45, 2.75) is 46.0 Å². The van der Waals surface area contributed by atoms with E-state index >= 15 is 0 Å². The average molecular weight is 313 g/mol. The smallest absolute Gasteiger partial charge is 0.224 e. The van der Waals surface area contributed by atoms with Crippen LogP contribution in [0.15, 0.2) is 16.6 Å². The summed E-state index contributed by atoms with van der Waals surface area (Å²) in [5, 5.41) is 2.90. The van der Waals surface area contributed by atoms with E-state index in [4.69, 9.17) is 5.73 Å². The monoisotopic (exact) mass is 312 g/mol. The second-order valence-corrected chi connectivity index (χ2v) is 5.46. The maximum atomic E-state index is 11.8. The van der Waals surface area contributed by atoms with Gasteiger partial charge in [0.2, 0.25) is 5.91 Å². The summed E-state index contributed by atoms with van der Waals surface area (Å²) in [6.07, 6.45) is 4.98. The molecule has 0 aliphatic heterocycles. The topological polar surface area (TPSA) is 55.1 Å². The van der Waals surface area contributed by atoms with Gasteiger partial charge in [-0.25, -0.2) is 0 Å².